The van der Waals surface area contributed by atoms with Crippen LogP contribution in [0.25, 0.3) is 0 Å². The highest BCUT2D eigenvalue weighted by atomic mass is 16.5. The van der Waals surface area contributed by atoms with Crippen molar-refractivity contribution in [2.24, 2.45) is 5.92 Å². The highest BCUT2D eigenvalue weighted by molar-refractivity contribution is 5.42. The van der Waals surface area contributed by atoms with Gasteiger partial charge in [0.1, 0.15) is 5.75 Å². The molecule has 0 amide bonds. The topological polar surface area (TPSA) is 41.5 Å². The van der Waals surface area contributed by atoms with Crippen molar-refractivity contribution in [3.8, 4) is 5.75 Å². The van der Waals surface area contributed by atoms with Crippen LogP contribution in [0.5, 0.6) is 5.75 Å². The van der Waals surface area contributed by atoms with Crippen LogP contribution in [0.1, 0.15) is 35.6 Å². The van der Waals surface area contributed by atoms with Crippen molar-refractivity contribution in [1.29, 1.82) is 0 Å². The number of ether oxygens (including phenoxy) is 1. The molecule has 2 rings (SSSR count). The summed E-state index contributed by atoms with van der Waals surface area (Å²) >= 11 is 0. The Hall–Kier alpha value is -1.06. The van der Waals surface area contributed by atoms with Gasteiger partial charge in [-0.3, -0.25) is 0 Å². The highest BCUT2D eigenvalue weighted by Gasteiger charge is 2.24. The third-order valence-corrected chi connectivity index (χ3v) is 3.93. The van der Waals surface area contributed by atoms with Crippen LogP contribution >= 0.6 is 0 Å². The summed E-state index contributed by atoms with van der Waals surface area (Å²) < 4.78 is 5.31. The van der Waals surface area contributed by atoms with Crippen LogP contribution < -0.4 is 10.1 Å². The van der Waals surface area contributed by atoms with Gasteiger partial charge in [-0.1, -0.05) is 0 Å². The lowest BCUT2D eigenvalue weighted by molar-refractivity contribution is 0.0883. The molecule has 100 valence electrons. The molecule has 1 aliphatic heterocycles. The maximum atomic E-state index is 10.5. The second kappa shape index (κ2) is 5.72. The lowest BCUT2D eigenvalue weighted by Crippen LogP contribution is -2.31. The predicted molar refractivity (Wildman–Crippen MR) is 73.0 cm³/mol. The molecule has 1 fully saturated rings. The van der Waals surface area contributed by atoms with E-state index in [0.717, 1.165) is 48.4 Å². The SMILES string of the molecule is COc1cc(C)c(C(O)C2CCNCC2)cc1C. The quantitative estimate of drug-likeness (QED) is 0.864. The van der Waals surface area contributed by atoms with Gasteiger partial charge in [0.15, 0.2) is 0 Å². The number of piperidine rings is 1. The van der Waals surface area contributed by atoms with E-state index < -0.39 is 0 Å². The van der Waals surface area contributed by atoms with E-state index >= 15 is 0 Å². The minimum absolute atomic E-state index is 0.350. The number of methoxy groups -OCH3 is 1. The van der Waals surface area contributed by atoms with E-state index in [0.29, 0.717) is 5.92 Å². The van der Waals surface area contributed by atoms with E-state index in [1.165, 1.54) is 0 Å². The monoisotopic (exact) mass is 249 g/mol. The molecule has 0 saturated carbocycles. The maximum Gasteiger partial charge on any atom is 0.122 e. The van der Waals surface area contributed by atoms with E-state index in [4.69, 9.17) is 4.74 Å². The number of rotatable bonds is 3. The number of hydrogen-bond donors (Lipinski definition) is 2. The van der Waals surface area contributed by atoms with Gasteiger partial charge in [-0.05, 0) is 74.5 Å². The molecular formula is C15H23NO2. The molecule has 0 bridgehead atoms. The molecule has 0 radical (unpaired) electrons. The summed E-state index contributed by atoms with van der Waals surface area (Å²) in [6, 6.07) is 4.09. The van der Waals surface area contributed by atoms with Gasteiger partial charge in [0.2, 0.25) is 0 Å². The summed E-state index contributed by atoms with van der Waals surface area (Å²) in [5.41, 5.74) is 3.26. The fraction of sp³-hybridized carbons (Fsp3) is 0.600. The highest BCUT2D eigenvalue weighted by Crippen LogP contribution is 2.33. The lowest BCUT2D eigenvalue weighted by atomic mass is 9.86. The number of nitrogens with one attached hydrogen (secondary N) is 1. The fourth-order valence-corrected chi connectivity index (χ4v) is 2.76. The van der Waals surface area contributed by atoms with Crippen LogP contribution in [-0.4, -0.2) is 25.3 Å². The Morgan fingerprint density at radius 2 is 1.89 bits per heavy atom. The lowest BCUT2D eigenvalue weighted by Gasteiger charge is -2.28. The third-order valence-electron chi connectivity index (χ3n) is 3.93. The fourth-order valence-electron chi connectivity index (χ4n) is 2.76. The first-order chi connectivity index (χ1) is 8.63. The standard InChI is InChI=1S/C15H23NO2/c1-10-9-14(18-3)11(2)8-13(10)15(17)12-4-6-16-7-5-12/h8-9,12,15-17H,4-7H2,1-3H3. The second-order valence-corrected chi connectivity index (χ2v) is 5.21. The van der Waals surface area contributed by atoms with Gasteiger partial charge in [-0.2, -0.15) is 0 Å². The van der Waals surface area contributed by atoms with Gasteiger partial charge in [-0.15, -0.1) is 0 Å². The van der Waals surface area contributed by atoms with Crippen LogP contribution in [0.2, 0.25) is 0 Å². The number of aryl methyl sites for hydroxylation is 2. The largest absolute Gasteiger partial charge is 0.496 e. The summed E-state index contributed by atoms with van der Waals surface area (Å²) in [4.78, 5) is 0. The maximum absolute atomic E-state index is 10.5. The molecule has 1 saturated heterocycles. The van der Waals surface area contributed by atoms with Crippen molar-refractivity contribution in [2.75, 3.05) is 20.2 Å². The molecule has 1 atom stereocenters. The zero-order valence-corrected chi connectivity index (χ0v) is 11.5. The van der Waals surface area contributed by atoms with Gasteiger partial charge in [0.25, 0.3) is 0 Å². The van der Waals surface area contributed by atoms with Gasteiger partial charge < -0.3 is 15.2 Å². The van der Waals surface area contributed by atoms with Gasteiger partial charge >= 0.3 is 0 Å². The van der Waals surface area contributed by atoms with Crippen LogP contribution in [0, 0.1) is 19.8 Å². The van der Waals surface area contributed by atoms with Crippen molar-refractivity contribution in [3.63, 3.8) is 0 Å². The summed E-state index contributed by atoms with van der Waals surface area (Å²) in [5.74, 6) is 1.27. The molecule has 0 aromatic heterocycles. The predicted octanol–water partition coefficient (Wildman–Crippen LogP) is 2.35. The Labute approximate surface area is 109 Å². The molecule has 1 aromatic carbocycles. The molecule has 3 nitrogen and oxygen atoms in total. The van der Waals surface area contributed by atoms with Crippen molar-refractivity contribution in [3.05, 3.63) is 28.8 Å². The first-order valence-corrected chi connectivity index (χ1v) is 6.67. The van der Waals surface area contributed by atoms with E-state index in [9.17, 15) is 5.11 Å². The van der Waals surface area contributed by atoms with E-state index in [1.807, 2.05) is 19.9 Å². The van der Waals surface area contributed by atoms with E-state index in [1.54, 1.807) is 7.11 Å². The Morgan fingerprint density at radius 1 is 1.22 bits per heavy atom. The summed E-state index contributed by atoms with van der Waals surface area (Å²) in [7, 11) is 1.69. The van der Waals surface area contributed by atoms with Gasteiger partial charge in [0.05, 0.1) is 13.2 Å². The molecule has 0 aliphatic carbocycles. The smallest absolute Gasteiger partial charge is 0.122 e. The molecule has 2 N–H and O–H groups in total. The number of hydrogen-bond acceptors (Lipinski definition) is 3. The minimum atomic E-state index is -0.350. The molecule has 1 unspecified atom stereocenters. The Morgan fingerprint density at radius 3 is 2.50 bits per heavy atom. The first-order valence-electron chi connectivity index (χ1n) is 6.67. The Balaban J connectivity index is 2.23. The van der Waals surface area contributed by atoms with Crippen molar-refractivity contribution in [1.82, 2.24) is 5.32 Å². The second-order valence-electron chi connectivity index (χ2n) is 5.21. The minimum Gasteiger partial charge on any atom is -0.496 e. The van der Waals surface area contributed by atoms with Gasteiger partial charge in [-0.25, -0.2) is 0 Å². The average molecular weight is 249 g/mol. The van der Waals surface area contributed by atoms with Crippen molar-refractivity contribution < 1.29 is 9.84 Å². The van der Waals surface area contributed by atoms with Crippen LogP contribution in [0.15, 0.2) is 12.1 Å². The van der Waals surface area contributed by atoms with E-state index in [-0.39, 0.29) is 6.10 Å². The molecule has 18 heavy (non-hydrogen) atoms. The molecule has 3 heteroatoms. The molecule has 0 spiro atoms. The zero-order chi connectivity index (χ0) is 13.1. The Bertz CT molecular complexity index is 411. The summed E-state index contributed by atoms with van der Waals surface area (Å²) in [6.07, 6.45) is 1.74. The Kier molecular flexibility index (Phi) is 4.25. The van der Waals surface area contributed by atoms with Crippen LogP contribution in [0.4, 0.5) is 0 Å². The van der Waals surface area contributed by atoms with Crippen molar-refractivity contribution >= 4 is 0 Å². The van der Waals surface area contributed by atoms with Gasteiger partial charge in [0, 0.05) is 0 Å². The first kappa shape index (κ1) is 13.4. The van der Waals surface area contributed by atoms with Crippen LogP contribution in [-0.2, 0) is 0 Å². The molecule has 1 heterocycles. The summed E-state index contributed by atoms with van der Waals surface area (Å²) in [6.45, 7) is 6.09. The van der Waals surface area contributed by atoms with Crippen LogP contribution in [0.3, 0.4) is 0 Å². The molecule has 1 aliphatic rings. The molecule has 1 aromatic rings. The van der Waals surface area contributed by atoms with Crippen molar-refractivity contribution in [2.45, 2.75) is 32.8 Å². The normalized spacial score (nSPS) is 18.7. The number of aliphatic hydroxyl groups is 1. The summed E-state index contributed by atoms with van der Waals surface area (Å²) in [5, 5.41) is 13.9. The molecular weight excluding hydrogens is 226 g/mol. The van der Waals surface area contributed by atoms with E-state index in [2.05, 4.69) is 11.4 Å². The zero-order valence-electron chi connectivity index (χ0n) is 11.5. The average Bonchev–Trinajstić information content (AvgIpc) is 2.41. The number of aliphatic hydroxyl groups excluding tert-OH is 1. The third kappa shape index (κ3) is 2.68. The number of benzene rings is 1.